The highest BCUT2D eigenvalue weighted by molar-refractivity contribution is 7.92. The summed E-state index contributed by atoms with van der Waals surface area (Å²) >= 11 is 6.58. The number of halogens is 4. The molecular formula is C38H42ClF3N4O3S. The minimum atomic E-state index is -4.59. The van der Waals surface area contributed by atoms with Crippen LogP contribution in [0.4, 0.5) is 13.2 Å². The van der Waals surface area contributed by atoms with Crippen LogP contribution in [0, 0.1) is 0 Å². The van der Waals surface area contributed by atoms with E-state index in [9.17, 15) is 26.4 Å². The summed E-state index contributed by atoms with van der Waals surface area (Å²) in [6.07, 6.45) is 0.919. The number of carbonyl (C=O) groups excluding carboxylic acids is 1. The standard InChI is InChI=1S/C38H42ClF3N4O3S/c1-25(2)50(48,49)34-21-30-33(22-32(34)39)44-36(27-12-9-13-28(20-27)38(40,41)42)31(35(30)37(47)43-23-26-10-5-3-6-11-26)24-45-18-14-29(15-19-45)46-16-7-4-8-17-46/h3,5-6,9-13,20-22,25,29H,4,7-8,14-19,23-24H2,1-2H3,(H,43,47). The Hall–Kier alpha value is -3.51. The summed E-state index contributed by atoms with van der Waals surface area (Å²) < 4.78 is 68.8. The number of carbonyl (C=O) groups is 1. The fourth-order valence-corrected chi connectivity index (χ4v) is 8.69. The summed E-state index contributed by atoms with van der Waals surface area (Å²) in [5.41, 5.74) is 1.26. The maximum Gasteiger partial charge on any atom is 0.416 e. The van der Waals surface area contributed by atoms with Crippen molar-refractivity contribution in [2.45, 2.75) is 81.4 Å². The molecule has 0 atom stereocenters. The van der Waals surface area contributed by atoms with Gasteiger partial charge in [-0.2, -0.15) is 13.2 Å². The van der Waals surface area contributed by atoms with E-state index in [1.807, 2.05) is 30.3 Å². The first-order valence-corrected chi connectivity index (χ1v) is 19.1. The van der Waals surface area contributed by atoms with Crippen LogP contribution < -0.4 is 5.32 Å². The lowest BCUT2D eigenvalue weighted by atomic mass is 9.93. The molecule has 0 saturated carbocycles. The van der Waals surface area contributed by atoms with E-state index in [4.69, 9.17) is 16.6 Å². The second-order valence-corrected chi connectivity index (χ2v) is 16.4. The van der Waals surface area contributed by atoms with E-state index in [1.54, 1.807) is 19.9 Å². The van der Waals surface area contributed by atoms with Crippen LogP contribution in [0.25, 0.3) is 22.2 Å². The number of sulfone groups is 1. The number of rotatable bonds is 9. The monoisotopic (exact) mass is 726 g/mol. The van der Waals surface area contributed by atoms with Crippen LogP contribution in [0.3, 0.4) is 0 Å². The average Bonchev–Trinajstić information content (AvgIpc) is 3.11. The molecule has 1 N–H and O–H groups in total. The summed E-state index contributed by atoms with van der Waals surface area (Å²) in [5.74, 6) is -0.483. The Morgan fingerprint density at radius 2 is 1.66 bits per heavy atom. The predicted molar refractivity (Wildman–Crippen MR) is 191 cm³/mol. The van der Waals surface area contributed by atoms with Gasteiger partial charge in [0.25, 0.3) is 5.91 Å². The van der Waals surface area contributed by atoms with Crippen LogP contribution in [0.1, 0.15) is 73.0 Å². The molecule has 0 aliphatic carbocycles. The van der Waals surface area contributed by atoms with Gasteiger partial charge in [0.2, 0.25) is 0 Å². The minimum absolute atomic E-state index is 0.0723. The van der Waals surface area contributed by atoms with Gasteiger partial charge in [0, 0.05) is 35.6 Å². The minimum Gasteiger partial charge on any atom is -0.348 e. The summed E-state index contributed by atoms with van der Waals surface area (Å²) in [6.45, 7) is 7.19. The van der Waals surface area contributed by atoms with Crippen LogP contribution in [0.2, 0.25) is 5.02 Å². The van der Waals surface area contributed by atoms with Crippen LogP contribution in [-0.4, -0.2) is 66.6 Å². The zero-order valence-electron chi connectivity index (χ0n) is 28.3. The number of nitrogens with one attached hydrogen (secondary N) is 1. The summed E-state index contributed by atoms with van der Waals surface area (Å²) in [4.78, 5) is 23.9. The van der Waals surface area contributed by atoms with Crippen LogP contribution in [0.5, 0.6) is 0 Å². The van der Waals surface area contributed by atoms with E-state index in [1.165, 1.54) is 37.5 Å². The van der Waals surface area contributed by atoms with Gasteiger partial charge in [0.15, 0.2) is 9.84 Å². The molecule has 2 saturated heterocycles. The Morgan fingerprint density at radius 3 is 2.32 bits per heavy atom. The Labute approximate surface area is 296 Å². The number of likely N-dealkylation sites (tertiary alicyclic amines) is 2. The third kappa shape index (κ3) is 7.86. The SMILES string of the molecule is CC(C)S(=O)(=O)c1cc2c(C(=O)NCc3ccccc3)c(CN3CCC(N4CCCCC4)CC3)c(-c3cccc(C(F)(F)F)c3)nc2cc1Cl. The third-order valence-corrected chi connectivity index (χ3v) is 12.5. The lowest BCUT2D eigenvalue weighted by Gasteiger charge is -2.40. The smallest absolute Gasteiger partial charge is 0.348 e. The van der Waals surface area contributed by atoms with E-state index in [-0.39, 0.29) is 50.7 Å². The zero-order chi connectivity index (χ0) is 35.6. The molecule has 1 aromatic heterocycles. The van der Waals surface area contributed by atoms with Gasteiger partial charge in [0.1, 0.15) is 0 Å². The van der Waals surface area contributed by atoms with Gasteiger partial charge in [-0.1, -0.05) is 60.5 Å². The highest BCUT2D eigenvalue weighted by atomic mass is 35.5. The van der Waals surface area contributed by atoms with Crippen molar-refractivity contribution in [3.8, 4) is 11.3 Å². The van der Waals surface area contributed by atoms with Crippen molar-refractivity contribution in [1.29, 1.82) is 0 Å². The van der Waals surface area contributed by atoms with E-state index < -0.39 is 32.7 Å². The molecule has 7 nitrogen and oxygen atoms in total. The van der Waals surface area contributed by atoms with Crippen molar-refractivity contribution >= 4 is 38.2 Å². The average molecular weight is 727 g/mol. The van der Waals surface area contributed by atoms with Crippen LogP contribution in [0.15, 0.2) is 71.6 Å². The van der Waals surface area contributed by atoms with Crippen LogP contribution >= 0.6 is 11.6 Å². The third-order valence-electron chi connectivity index (χ3n) is 9.90. The van der Waals surface area contributed by atoms with E-state index in [2.05, 4.69) is 15.1 Å². The number of pyridine rings is 1. The largest absolute Gasteiger partial charge is 0.416 e. The molecule has 4 aromatic rings. The van der Waals surface area contributed by atoms with Crippen LogP contribution in [-0.2, 0) is 29.1 Å². The van der Waals surface area contributed by atoms with Gasteiger partial charge in [-0.3, -0.25) is 9.69 Å². The summed E-state index contributed by atoms with van der Waals surface area (Å²) in [6, 6.07) is 17.5. The molecule has 3 heterocycles. The van der Waals surface area contributed by atoms with Crippen molar-refractivity contribution in [3.05, 3.63) is 94.0 Å². The molecule has 3 aromatic carbocycles. The Bertz CT molecular complexity index is 1960. The van der Waals surface area contributed by atoms with E-state index >= 15 is 0 Å². The zero-order valence-corrected chi connectivity index (χ0v) is 29.8. The maximum atomic E-state index is 14.4. The number of nitrogens with zero attached hydrogens (tertiary/aromatic N) is 3. The molecule has 0 unspecified atom stereocenters. The fourth-order valence-electron chi connectivity index (χ4n) is 7.09. The number of alkyl halides is 3. The topological polar surface area (TPSA) is 82.6 Å². The molecule has 2 fully saturated rings. The number of benzene rings is 3. The maximum absolute atomic E-state index is 14.4. The summed E-state index contributed by atoms with van der Waals surface area (Å²) in [5, 5.41) is 2.40. The number of aromatic nitrogens is 1. The predicted octanol–water partition coefficient (Wildman–Crippen LogP) is 8.14. The fraction of sp³-hybridized carbons (Fsp3) is 0.421. The molecule has 0 spiro atoms. The first-order chi connectivity index (χ1) is 23.8. The molecule has 2 aliphatic heterocycles. The summed E-state index contributed by atoms with van der Waals surface area (Å²) in [7, 11) is -3.87. The van der Waals surface area contributed by atoms with Crippen molar-refractivity contribution in [3.63, 3.8) is 0 Å². The molecule has 0 radical (unpaired) electrons. The molecular weight excluding hydrogens is 685 g/mol. The van der Waals surface area contributed by atoms with Gasteiger partial charge in [-0.15, -0.1) is 0 Å². The molecule has 1 amide bonds. The van der Waals surface area contributed by atoms with Gasteiger partial charge in [0.05, 0.1) is 37.5 Å². The van der Waals surface area contributed by atoms with Crippen molar-refractivity contribution < 1.29 is 26.4 Å². The van der Waals surface area contributed by atoms with Crippen molar-refractivity contribution in [1.82, 2.24) is 20.1 Å². The molecule has 0 bridgehead atoms. The molecule has 266 valence electrons. The Kier molecular flexibility index (Phi) is 10.9. The Morgan fingerprint density at radius 1 is 0.960 bits per heavy atom. The van der Waals surface area contributed by atoms with Crippen molar-refractivity contribution in [2.75, 3.05) is 26.2 Å². The second-order valence-electron chi connectivity index (χ2n) is 13.6. The molecule has 6 rings (SSSR count). The van der Waals surface area contributed by atoms with Gasteiger partial charge in [-0.25, -0.2) is 13.4 Å². The lowest BCUT2D eigenvalue weighted by molar-refractivity contribution is -0.137. The van der Waals surface area contributed by atoms with Gasteiger partial charge >= 0.3 is 6.18 Å². The van der Waals surface area contributed by atoms with Gasteiger partial charge in [-0.05, 0) is 95.5 Å². The van der Waals surface area contributed by atoms with E-state index in [0.29, 0.717) is 11.6 Å². The molecule has 2 aliphatic rings. The molecule has 12 heteroatoms. The van der Waals surface area contributed by atoms with Gasteiger partial charge < -0.3 is 10.2 Å². The highest BCUT2D eigenvalue weighted by Crippen LogP contribution is 2.38. The quantitative estimate of drug-likeness (QED) is 0.188. The highest BCUT2D eigenvalue weighted by Gasteiger charge is 2.33. The number of amides is 1. The number of fused-ring (bicyclic) bond motifs is 1. The van der Waals surface area contributed by atoms with Crippen molar-refractivity contribution in [2.24, 2.45) is 0 Å². The first-order valence-electron chi connectivity index (χ1n) is 17.2. The number of piperidine rings is 2. The lowest BCUT2D eigenvalue weighted by Crippen LogP contribution is -2.46. The molecule has 50 heavy (non-hydrogen) atoms. The number of hydrogen-bond donors (Lipinski definition) is 1. The normalized spacial score (nSPS) is 17.0. The number of hydrogen-bond acceptors (Lipinski definition) is 6. The Balaban J connectivity index is 1.51. The second kappa shape index (κ2) is 15.0. The van der Waals surface area contributed by atoms with E-state index in [0.717, 1.165) is 56.7 Å². The first kappa shape index (κ1) is 36.3.